The van der Waals surface area contributed by atoms with E-state index >= 15 is 0 Å². The van der Waals surface area contributed by atoms with Gasteiger partial charge in [-0.2, -0.15) is 0 Å². The molecule has 2 N–H and O–H groups in total. The van der Waals surface area contributed by atoms with Gasteiger partial charge < -0.3 is 19.8 Å². The van der Waals surface area contributed by atoms with E-state index in [0.29, 0.717) is 18.8 Å². The van der Waals surface area contributed by atoms with Crippen LogP contribution in [0.3, 0.4) is 0 Å². The van der Waals surface area contributed by atoms with Gasteiger partial charge in [0.1, 0.15) is 12.7 Å². The van der Waals surface area contributed by atoms with Crippen molar-refractivity contribution in [3.05, 3.63) is 34.7 Å². The van der Waals surface area contributed by atoms with Crippen molar-refractivity contribution in [2.24, 2.45) is 5.92 Å². The zero-order valence-corrected chi connectivity index (χ0v) is 15.5. The first-order chi connectivity index (χ1) is 11.9. The van der Waals surface area contributed by atoms with Crippen LogP contribution in [0.15, 0.2) is 24.3 Å². The standard InChI is InChI=1S/C19H23NO4S/c1-11(2)17(22)19(23)20-6-7-24-18-14(10-20)8-13(9-15(18)21)16-5-4-12(3)25-16/h4-5,8-9,11,17,21-22H,6-7,10H2,1-3H3. The fraction of sp³-hybridized carbons (Fsp3) is 0.421. The predicted octanol–water partition coefficient (Wildman–Crippen LogP) is 3.17. The number of nitrogens with zero attached hydrogens (tertiary/aromatic N) is 1. The number of phenolic OH excluding ortho intramolecular Hbond substituents is 1. The Labute approximate surface area is 151 Å². The molecule has 5 nitrogen and oxygen atoms in total. The highest BCUT2D eigenvalue weighted by Gasteiger charge is 2.28. The SMILES string of the molecule is Cc1ccc(-c2cc(O)c3c(c2)CN(C(=O)C(O)C(C)C)CCO3)s1. The molecule has 0 aliphatic carbocycles. The fourth-order valence-electron chi connectivity index (χ4n) is 2.89. The van der Waals surface area contributed by atoms with E-state index in [2.05, 4.69) is 0 Å². The molecule has 1 unspecified atom stereocenters. The number of carbonyl (C=O) groups is 1. The summed E-state index contributed by atoms with van der Waals surface area (Å²) in [5.74, 6) is 0.0527. The fourth-order valence-corrected chi connectivity index (χ4v) is 3.75. The number of aryl methyl sites for hydroxylation is 1. The third kappa shape index (κ3) is 3.65. The van der Waals surface area contributed by atoms with E-state index in [1.807, 2.05) is 39.0 Å². The number of carbonyl (C=O) groups excluding carboxylic acids is 1. The first kappa shape index (κ1) is 17.8. The van der Waals surface area contributed by atoms with Crippen molar-refractivity contribution in [2.75, 3.05) is 13.2 Å². The molecule has 134 valence electrons. The molecule has 1 aliphatic rings. The number of fused-ring (bicyclic) bond motifs is 1. The number of phenols is 1. The minimum atomic E-state index is -1.03. The number of ether oxygens (including phenoxy) is 1. The average Bonchev–Trinajstić information content (AvgIpc) is 2.88. The molecule has 1 amide bonds. The van der Waals surface area contributed by atoms with E-state index in [9.17, 15) is 15.0 Å². The number of amides is 1. The van der Waals surface area contributed by atoms with Crippen LogP contribution in [0.4, 0.5) is 0 Å². The number of aliphatic hydroxyl groups is 1. The zero-order chi connectivity index (χ0) is 18.1. The van der Waals surface area contributed by atoms with Crippen LogP contribution in [0.5, 0.6) is 11.5 Å². The lowest BCUT2D eigenvalue weighted by molar-refractivity contribution is -0.143. The van der Waals surface area contributed by atoms with Crippen molar-refractivity contribution in [3.8, 4) is 21.9 Å². The van der Waals surface area contributed by atoms with Gasteiger partial charge in [0.2, 0.25) is 0 Å². The molecule has 6 heteroatoms. The maximum atomic E-state index is 12.5. The van der Waals surface area contributed by atoms with Crippen LogP contribution in [0.2, 0.25) is 0 Å². The minimum absolute atomic E-state index is 0.0808. The molecule has 1 aromatic carbocycles. The van der Waals surface area contributed by atoms with Crippen molar-refractivity contribution in [1.82, 2.24) is 4.90 Å². The molecule has 0 fully saturated rings. The van der Waals surface area contributed by atoms with E-state index in [1.54, 1.807) is 22.3 Å². The van der Waals surface area contributed by atoms with Crippen LogP contribution in [-0.2, 0) is 11.3 Å². The normalized spacial score (nSPS) is 15.5. The molecule has 0 saturated heterocycles. The van der Waals surface area contributed by atoms with Crippen molar-refractivity contribution in [1.29, 1.82) is 0 Å². The summed E-state index contributed by atoms with van der Waals surface area (Å²) >= 11 is 1.65. The first-order valence-electron chi connectivity index (χ1n) is 8.39. The Morgan fingerprint density at radius 3 is 2.72 bits per heavy atom. The second kappa shape index (κ2) is 7.06. The topological polar surface area (TPSA) is 70.0 Å². The van der Waals surface area contributed by atoms with E-state index in [-0.39, 0.29) is 24.2 Å². The lowest BCUT2D eigenvalue weighted by Crippen LogP contribution is -2.42. The number of rotatable bonds is 3. The van der Waals surface area contributed by atoms with Gasteiger partial charge in [-0.05, 0) is 42.7 Å². The predicted molar refractivity (Wildman–Crippen MR) is 97.9 cm³/mol. The Balaban J connectivity index is 1.94. The summed E-state index contributed by atoms with van der Waals surface area (Å²) in [6.45, 7) is 6.64. The van der Waals surface area contributed by atoms with E-state index in [0.717, 1.165) is 16.0 Å². The van der Waals surface area contributed by atoms with Gasteiger partial charge in [-0.3, -0.25) is 4.79 Å². The van der Waals surface area contributed by atoms with Crippen LogP contribution >= 0.6 is 11.3 Å². The van der Waals surface area contributed by atoms with Crippen LogP contribution in [0, 0.1) is 12.8 Å². The van der Waals surface area contributed by atoms with Crippen LogP contribution in [-0.4, -0.2) is 40.3 Å². The van der Waals surface area contributed by atoms with Gasteiger partial charge in [0, 0.05) is 21.9 Å². The summed E-state index contributed by atoms with van der Waals surface area (Å²) in [6, 6.07) is 7.70. The number of thiophene rings is 1. The molecule has 0 spiro atoms. The summed E-state index contributed by atoms with van der Waals surface area (Å²) < 4.78 is 5.67. The Kier molecular flexibility index (Phi) is 5.01. The number of hydrogen-bond donors (Lipinski definition) is 2. The van der Waals surface area contributed by atoms with Crippen LogP contribution in [0.25, 0.3) is 10.4 Å². The summed E-state index contributed by atoms with van der Waals surface area (Å²) in [6.07, 6.45) is -1.03. The molecular formula is C19H23NO4S. The molecule has 25 heavy (non-hydrogen) atoms. The van der Waals surface area contributed by atoms with Gasteiger partial charge >= 0.3 is 0 Å². The molecule has 3 rings (SSSR count). The molecule has 0 bridgehead atoms. The second-order valence-corrected chi connectivity index (χ2v) is 7.98. The van der Waals surface area contributed by atoms with Crippen LogP contribution in [0.1, 0.15) is 24.3 Å². The van der Waals surface area contributed by atoms with Crippen molar-refractivity contribution in [2.45, 2.75) is 33.4 Å². The third-order valence-electron chi connectivity index (χ3n) is 4.34. The summed E-state index contributed by atoms with van der Waals surface area (Å²) in [4.78, 5) is 16.3. The van der Waals surface area contributed by atoms with Gasteiger partial charge in [-0.1, -0.05) is 13.8 Å². The molecule has 0 radical (unpaired) electrons. The summed E-state index contributed by atoms with van der Waals surface area (Å²) in [7, 11) is 0. The molecule has 0 saturated carbocycles. The second-order valence-electron chi connectivity index (χ2n) is 6.69. The molecule has 1 aliphatic heterocycles. The van der Waals surface area contributed by atoms with E-state index in [1.165, 1.54) is 4.88 Å². The zero-order valence-electron chi connectivity index (χ0n) is 14.7. The molecule has 1 aromatic heterocycles. The monoisotopic (exact) mass is 361 g/mol. The summed E-state index contributed by atoms with van der Waals surface area (Å²) in [5, 5.41) is 20.5. The molecule has 2 heterocycles. The van der Waals surface area contributed by atoms with Gasteiger partial charge in [0.05, 0.1) is 6.54 Å². The van der Waals surface area contributed by atoms with Crippen molar-refractivity contribution in [3.63, 3.8) is 0 Å². The lowest BCUT2D eigenvalue weighted by atomic mass is 10.0. The largest absolute Gasteiger partial charge is 0.504 e. The van der Waals surface area contributed by atoms with Gasteiger partial charge in [-0.25, -0.2) is 0 Å². The van der Waals surface area contributed by atoms with E-state index in [4.69, 9.17) is 4.74 Å². The molecular weight excluding hydrogens is 338 g/mol. The summed E-state index contributed by atoms with van der Waals surface area (Å²) in [5.41, 5.74) is 1.65. The van der Waals surface area contributed by atoms with Gasteiger partial charge in [0.15, 0.2) is 11.5 Å². The Hall–Kier alpha value is -2.05. The highest BCUT2D eigenvalue weighted by Crippen LogP contribution is 2.39. The Bertz CT molecular complexity index is 784. The molecule has 1 atom stereocenters. The maximum absolute atomic E-state index is 12.5. The highest BCUT2D eigenvalue weighted by atomic mass is 32.1. The van der Waals surface area contributed by atoms with E-state index < -0.39 is 6.10 Å². The highest BCUT2D eigenvalue weighted by molar-refractivity contribution is 7.15. The lowest BCUT2D eigenvalue weighted by Gasteiger charge is -2.24. The maximum Gasteiger partial charge on any atom is 0.252 e. The number of aromatic hydroxyl groups is 1. The number of hydrogen-bond acceptors (Lipinski definition) is 5. The quantitative estimate of drug-likeness (QED) is 0.881. The van der Waals surface area contributed by atoms with Crippen molar-refractivity contribution < 1.29 is 19.7 Å². The van der Waals surface area contributed by atoms with Crippen molar-refractivity contribution >= 4 is 17.2 Å². The average molecular weight is 361 g/mol. The third-order valence-corrected chi connectivity index (χ3v) is 5.39. The molecule has 2 aromatic rings. The Morgan fingerprint density at radius 2 is 2.08 bits per heavy atom. The smallest absolute Gasteiger partial charge is 0.252 e. The number of aliphatic hydroxyl groups excluding tert-OH is 1. The number of benzene rings is 1. The van der Waals surface area contributed by atoms with Gasteiger partial charge in [-0.15, -0.1) is 11.3 Å². The first-order valence-corrected chi connectivity index (χ1v) is 9.21. The van der Waals surface area contributed by atoms with Gasteiger partial charge in [0.25, 0.3) is 5.91 Å². The minimum Gasteiger partial charge on any atom is -0.504 e. The van der Waals surface area contributed by atoms with Crippen LogP contribution < -0.4 is 4.74 Å². The Morgan fingerprint density at radius 1 is 1.32 bits per heavy atom.